The van der Waals surface area contributed by atoms with Gasteiger partial charge in [0.15, 0.2) is 5.13 Å². The maximum Gasteiger partial charge on any atom is 0.232 e. The Labute approximate surface area is 174 Å². The fraction of sp³-hybridized carbons (Fsp3) is 0.364. The highest BCUT2D eigenvalue weighted by Gasteiger charge is 2.33. The number of aryl methyl sites for hydroxylation is 1. The zero-order valence-electron chi connectivity index (χ0n) is 16.7. The van der Waals surface area contributed by atoms with Crippen molar-refractivity contribution < 1.29 is 9.59 Å². The standard InChI is InChI=1S/C22H24N4O2S/c1-3-15-6-7-18-19(11-15)29-22(24-18)26(14-16-5-4-9-23-13-16)21(28)17-8-10-25(2)20(27)12-17/h4-7,9,11,13,17H,3,8,10,12,14H2,1-2H3. The van der Waals surface area contributed by atoms with Gasteiger partial charge in [0.25, 0.3) is 0 Å². The molecule has 0 N–H and O–H groups in total. The molecule has 150 valence electrons. The minimum Gasteiger partial charge on any atom is -0.346 e. The van der Waals surface area contributed by atoms with Crippen LogP contribution in [0, 0.1) is 5.92 Å². The fourth-order valence-electron chi connectivity index (χ4n) is 3.58. The van der Waals surface area contributed by atoms with Crippen LogP contribution < -0.4 is 4.90 Å². The third-order valence-corrected chi connectivity index (χ3v) is 6.46. The minimum absolute atomic E-state index is 0.0211. The number of nitrogens with zero attached hydrogens (tertiary/aromatic N) is 4. The number of fused-ring (bicyclic) bond motifs is 1. The summed E-state index contributed by atoms with van der Waals surface area (Å²) in [5, 5.41) is 0.675. The van der Waals surface area contributed by atoms with Crippen molar-refractivity contribution in [2.75, 3.05) is 18.5 Å². The number of pyridine rings is 1. The molecule has 4 rings (SSSR count). The van der Waals surface area contributed by atoms with E-state index in [2.05, 4.69) is 24.0 Å². The van der Waals surface area contributed by atoms with Gasteiger partial charge >= 0.3 is 0 Å². The maximum atomic E-state index is 13.5. The van der Waals surface area contributed by atoms with Crippen molar-refractivity contribution in [3.8, 4) is 0 Å². The average molecular weight is 409 g/mol. The third kappa shape index (κ3) is 4.15. The van der Waals surface area contributed by atoms with E-state index in [4.69, 9.17) is 4.98 Å². The Morgan fingerprint density at radius 2 is 2.17 bits per heavy atom. The summed E-state index contributed by atoms with van der Waals surface area (Å²) < 4.78 is 1.07. The molecule has 0 spiro atoms. The average Bonchev–Trinajstić information content (AvgIpc) is 3.17. The van der Waals surface area contributed by atoms with Gasteiger partial charge in [-0.15, -0.1) is 0 Å². The van der Waals surface area contributed by atoms with Crippen molar-refractivity contribution in [3.05, 3.63) is 53.9 Å². The summed E-state index contributed by atoms with van der Waals surface area (Å²) in [5.41, 5.74) is 3.08. The second-order valence-corrected chi connectivity index (χ2v) is 8.45. The molecule has 1 unspecified atom stereocenters. The van der Waals surface area contributed by atoms with Crippen LogP contribution in [0.4, 0.5) is 5.13 Å². The van der Waals surface area contributed by atoms with E-state index in [-0.39, 0.29) is 24.2 Å². The van der Waals surface area contributed by atoms with Crippen LogP contribution in [-0.2, 0) is 22.6 Å². The van der Waals surface area contributed by atoms with Crippen LogP contribution in [0.3, 0.4) is 0 Å². The van der Waals surface area contributed by atoms with Gasteiger partial charge in [0, 0.05) is 38.3 Å². The monoisotopic (exact) mass is 408 g/mol. The van der Waals surface area contributed by atoms with Crippen LogP contribution in [0.5, 0.6) is 0 Å². The summed E-state index contributed by atoms with van der Waals surface area (Å²) in [5.74, 6) is -0.327. The van der Waals surface area contributed by atoms with Gasteiger partial charge in [0.05, 0.1) is 16.8 Å². The quantitative estimate of drug-likeness (QED) is 0.646. The lowest BCUT2D eigenvalue weighted by atomic mass is 9.95. The lowest BCUT2D eigenvalue weighted by Gasteiger charge is -2.31. The molecule has 1 atom stereocenters. The number of likely N-dealkylation sites (tertiary alicyclic amines) is 1. The molecule has 2 aromatic heterocycles. The van der Waals surface area contributed by atoms with E-state index in [0.29, 0.717) is 24.6 Å². The molecule has 0 radical (unpaired) electrons. The van der Waals surface area contributed by atoms with Crippen molar-refractivity contribution in [3.63, 3.8) is 0 Å². The SMILES string of the molecule is CCc1ccc2nc(N(Cc3cccnc3)C(=O)C3CCN(C)C(=O)C3)sc2c1. The number of aromatic nitrogens is 2. The van der Waals surface area contributed by atoms with Crippen molar-refractivity contribution in [1.29, 1.82) is 0 Å². The van der Waals surface area contributed by atoms with Gasteiger partial charge in [-0.3, -0.25) is 19.5 Å². The van der Waals surface area contributed by atoms with Gasteiger partial charge < -0.3 is 4.90 Å². The zero-order chi connectivity index (χ0) is 20.4. The van der Waals surface area contributed by atoms with Crippen molar-refractivity contribution in [1.82, 2.24) is 14.9 Å². The van der Waals surface area contributed by atoms with Crippen molar-refractivity contribution >= 4 is 38.5 Å². The van der Waals surface area contributed by atoms with Crippen LogP contribution in [0.15, 0.2) is 42.7 Å². The van der Waals surface area contributed by atoms with Gasteiger partial charge in [0.2, 0.25) is 11.8 Å². The van der Waals surface area contributed by atoms with E-state index >= 15 is 0 Å². The summed E-state index contributed by atoms with van der Waals surface area (Å²) in [4.78, 5) is 38.0. The van der Waals surface area contributed by atoms with Crippen LogP contribution in [0.1, 0.15) is 30.9 Å². The summed E-state index contributed by atoms with van der Waals surface area (Å²) in [6.45, 7) is 3.13. The first-order valence-corrected chi connectivity index (χ1v) is 10.7. The summed E-state index contributed by atoms with van der Waals surface area (Å²) in [6, 6.07) is 10.1. The van der Waals surface area contributed by atoms with E-state index < -0.39 is 0 Å². The first-order valence-electron chi connectivity index (χ1n) is 9.89. The van der Waals surface area contributed by atoms with Crippen LogP contribution in [-0.4, -0.2) is 40.3 Å². The molecule has 1 aromatic carbocycles. The molecule has 29 heavy (non-hydrogen) atoms. The minimum atomic E-state index is -0.311. The number of hydrogen-bond donors (Lipinski definition) is 0. The largest absolute Gasteiger partial charge is 0.346 e. The first-order chi connectivity index (χ1) is 14.0. The van der Waals surface area contributed by atoms with E-state index in [0.717, 1.165) is 22.2 Å². The molecule has 6 nitrogen and oxygen atoms in total. The molecule has 1 fully saturated rings. The predicted molar refractivity (Wildman–Crippen MR) is 115 cm³/mol. The molecule has 7 heteroatoms. The van der Waals surface area contributed by atoms with Gasteiger partial charge in [-0.1, -0.05) is 30.4 Å². The molecule has 0 bridgehead atoms. The van der Waals surface area contributed by atoms with E-state index in [1.54, 1.807) is 29.2 Å². The Balaban J connectivity index is 1.68. The highest BCUT2D eigenvalue weighted by molar-refractivity contribution is 7.22. The number of anilines is 1. The topological polar surface area (TPSA) is 66.4 Å². The Kier molecular flexibility index (Phi) is 5.58. The van der Waals surface area contributed by atoms with E-state index in [1.165, 1.54) is 16.9 Å². The number of carbonyl (C=O) groups excluding carboxylic acids is 2. The number of carbonyl (C=O) groups is 2. The third-order valence-electron chi connectivity index (χ3n) is 5.42. The molecule has 3 heterocycles. The Morgan fingerprint density at radius 1 is 1.31 bits per heavy atom. The molecule has 0 aliphatic carbocycles. The van der Waals surface area contributed by atoms with E-state index in [9.17, 15) is 9.59 Å². The second-order valence-electron chi connectivity index (χ2n) is 7.44. The van der Waals surface area contributed by atoms with Gasteiger partial charge in [-0.05, 0) is 42.2 Å². The number of benzene rings is 1. The van der Waals surface area contributed by atoms with Gasteiger partial charge in [-0.25, -0.2) is 4.98 Å². The Morgan fingerprint density at radius 3 is 2.90 bits per heavy atom. The molecular formula is C22H24N4O2S. The predicted octanol–water partition coefficient (Wildman–Crippen LogP) is 3.66. The normalized spacial score (nSPS) is 17.0. The van der Waals surface area contributed by atoms with Gasteiger partial charge in [-0.2, -0.15) is 0 Å². The number of amides is 2. The number of piperidine rings is 1. The van der Waals surface area contributed by atoms with Crippen LogP contribution >= 0.6 is 11.3 Å². The summed E-state index contributed by atoms with van der Waals surface area (Å²) >= 11 is 1.53. The smallest absolute Gasteiger partial charge is 0.232 e. The highest BCUT2D eigenvalue weighted by atomic mass is 32.1. The second kappa shape index (κ2) is 8.29. The summed E-state index contributed by atoms with van der Waals surface area (Å²) in [6.07, 6.45) is 5.37. The lowest BCUT2D eigenvalue weighted by Crippen LogP contribution is -2.43. The van der Waals surface area contributed by atoms with Crippen molar-refractivity contribution in [2.24, 2.45) is 5.92 Å². The molecule has 3 aromatic rings. The molecule has 2 amide bonds. The molecular weight excluding hydrogens is 384 g/mol. The van der Waals surface area contributed by atoms with Crippen LogP contribution in [0.25, 0.3) is 10.2 Å². The van der Waals surface area contributed by atoms with Gasteiger partial charge in [0.1, 0.15) is 0 Å². The first kappa shape index (κ1) is 19.5. The Hall–Kier alpha value is -2.80. The summed E-state index contributed by atoms with van der Waals surface area (Å²) in [7, 11) is 1.79. The molecule has 1 aliphatic heterocycles. The van der Waals surface area contributed by atoms with Crippen LogP contribution in [0.2, 0.25) is 0 Å². The fourth-order valence-corrected chi connectivity index (χ4v) is 4.61. The molecule has 0 saturated carbocycles. The number of thiazole rings is 1. The molecule has 1 saturated heterocycles. The Bertz CT molecular complexity index is 1030. The maximum absolute atomic E-state index is 13.5. The van der Waals surface area contributed by atoms with E-state index in [1.807, 2.05) is 18.2 Å². The number of rotatable bonds is 5. The highest BCUT2D eigenvalue weighted by Crippen LogP contribution is 2.33. The lowest BCUT2D eigenvalue weighted by molar-refractivity contribution is -0.138. The van der Waals surface area contributed by atoms with Crippen molar-refractivity contribution in [2.45, 2.75) is 32.7 Å². The zero-order valence-corrected chi connectivity index (χ0v) is 17.5. The number of hydrogen-bond acceptors (Lipinski definition) is 5. The molecule has 1 aliphatic rings.